The average molecular weight is 449 g/mol. The Bertz CT molecular complexity index is 298. The standard InChI is InChI=1S/C25H52O6/c1-4-7-8-9-10-11-12-13-14-15-16-25(30-23-21-28-19-17-26-5-2)31-24-22-29-20-18-27-6-3/h25H,4-24H2,1-3H3. The second kappa shape index (κ2) is 27.8. The van der Waals surface area contributed by atoms with Crippen molar-refractivity contribution in [2.24, 2.45) is 0 Å². The van der Waals surface area contributed by atoms with E-state index in [-0.39, 0.29) is 6.29 Å². The van der Waals surface area contributed by atoms with E-state index >= 15 is 0 Å². The van der Waals surface area contributed by atoms with Crippen LogP contribution in [0.5, 0.6) is 0 Å². The lowest BCUT2D eigenvalue weighted by Gasteiger charge is -2.19. The summed E-state index contributed by atoms with van der Waals surface area (Å²) in [5, 5.41) is 0. The molecule has 0 radical (unpaired) electrons. The van der Waals surface area contributed by atoms with E-state index in [1.807, 2.05) is 13.8 Å². The molecule has 188 valence electrons. The quantitative estimate of drug-likeness (QED) is 0.118. The summed E-state index contributed by atoms with van der Waals surface area (Å²) >= 11 is 0. The van der Waals surface area contributed by atoms with Gasteiger partial charge in [0.25, 0.3) is 0 Å². The van der Waals surface area contributed by atoms with Crippen LogP contribution in [-0.2, 0) is 28.4 Å². The molecule has 0 rings (SSSR count). The third-order valence-electron chi connectivity index (χ3n) is 5.01. The van der Waals surface area contributed by atoms with Crippen LogP contribution in [0.15, 0.2) is 0 Å². The zero-order valence-electron chi connectivity index (χ0n) is 20.9. The molecule has 31 heavy (non-hydrogen) atoms. The smallest absolute Gasteiger partial charge is 0.157 e. The largest absolute Gasteiger partial charge is 0.379 e. The maximum absolute atomic E-state index is 5.91. The first kappa shape index (κ1) is 30.8. The molecule has 0 aliphatic heterocycles. The molecule has 0 amide bonds. The number of hydrogen-bond donors (Lipinski definition) is 0. The Labute approximate surface area is 192 Å². The fourth-order valence-electron chi connectivity index (χ4n) is 3.22. The van der Waals surface area contributed by atoms with Crippen LogP contribution in [0.3, 0.4) is 0 Å². The maximum Gasteiger partial charge on any atom is 0.157 e. The van der Waals surface area contributed by atoms with Gasteiger partial charge in [-0.15, -0.1) is 0 Å². The first-order chi connectivity index (χ1) is 15.3. The van der Waals surface area contributed by atoms with Gasteiger partial charge in [0.1, 0.15) is 0 Å². The fourth-order valence-corrected chi connectivity index (χ4v) is 3.22. The van der Waals surface area contributed by atoms with E-state index in [2.05, 4.69) is 6.92 Å². The lowest BCUT2D eigenvalue weighted by Crippen LogP contribution is -2.22. The second-order valence-electron chi connectivity index (χ2n) is 7.76. The Kier molecular flexibility index (Phi) is 27.6. The SMILES string of the molecule is CCCCCCCCCCCCC(OCCOCCOCC)OCCOCCOCC. The highest BCUT2D eigenvalue weighted by Gasteiger charge is 2.09. The summed E-state index contributed by atoms with van der Waals surface area (Å²) in [5.74, 6) is 0. The first-order valence-electron chi connectivity index (χ1n) is 12.9. The summed E-state index contributed by atoms with van der Waals surface area (Å²) in [6.07, 6.45) is 14.1. The van der Waals surface area contributed by atoms with Gasteiger partial charge in [-0.2, -0.15) is 0 Å². The van der Waals surface area contributed by atoms with E-state index < -0.39 is 0 Å². The number of ether oxygens (including phenoxy) is 6. The van der Waals surface area contributed by atoms with Gasteiger partial charge in [-0.1, -0.05) is 64.7 Å². The molecule has 0 saturated carbocycles. The van der Waals surface area contributed by atoms with Crippen LogP contribution in [0, 0.1) is 0 Å². The van der Waals surface area contributed by atoms with Crippen LogP contribution >= 0.6 is 0 Å². The molecule has 0 aromatic rings. The third kappa shape index (κ3) is 25.9. The minimum Gasteiger partial charge on any atom is -0.379 e. The molecule has 0 saturated heterocycles. The van der Waals surface area contributed by atoms with Gasteiger partial charge in [-0.25, -0.2) is 0 Å². The molecular formula is C25H52O6. The Balaban J connectivity index is 3.79. The molecule has 0 N–H and O–H groups in total. The van der Waals surface area contributed by atoms with Gasteiger partial charge in [-0.3, -0.25) is 0 Å². The van der Waals surface area contributed by atoms with Gasteiger partial charge in [-0.05, 0) is 26.7 Å². The minimum atomic E-state index is -0.181. The predicted octanol–water partition coefficient (Wildman–Crippen LogP) is 5.76. The minimum absolute atomic E-state index is 0.181. The average Bonchev–Trinajstić information content (AvgIpc) is 2.78. The zero-order chi connectivity index (χ0) is 22.7. The third-order valence-corrected chi connectivity index (χ3v) is 5.01. The van der Waals surface area contributed by atoms with Gasteiger partial charge >= 0.3 is 0 Å². The highest BCUT2D eigenvalue weighted by atomic mass is 16.7. The highest BCUT2D eigenvalue weighted by Crippen LogP contribution is 2.13. The lowest BCUT2D eigenvalue weighted by atomic mass is 10.1. The lowest BCUT2D eigenvalue weighted by molar-refractivity contribution is -0.162. The van der Waals surface area contributed by atoms with Gasteiger partial charge in [0.15, 0.2) is 6.29 Å². The summed E-state index contributed by atoms with van der Waals surface area (Å²) in [6.45, 7) is 12.4. The van der Waals surface area contributed by atoms with E-state index in [4.69, 9.17) is 28.4 Å². The van der Waals surface area contributed by atoms with Crippen molar-refractivity contribution in [3.05, 3.63) is 0 Å². The summed E-state index contributed by atoms with van der Waals surface area (Å²) in [5.41, 5.74) is 0. The molecule has 0 aliphatic carbocycles. The van der Waals surface area contributed by atoms with Crippen molar-refractivity contribution < 1.29 is 28.4 Å². The molecule has 0 unspecified atom stereocenters. The fraction of sp³-hybridized carbons (Fsp3) is 1.00. The molecular weight excluding hydrogens is 396 g/mol. The van der Waals surface area contributed by atoms with Crippen molar-refractivity contribution >= 4 is 0 Å². The van der Waals surface area contributed by atoms with Crippen LogP contribution in [0.4, 0.5) is 0 Å². The molecule has 0 aromatic heterocycles. The van der Waals surface area contributed by atoms with Crippen LogP contribution < -0.4 is 0 Å². The maximum atomic E-state index is 5.91. The Morgan fingerprint density at radius 3 is 1.26 bits per heavy atom. The van der Waals surface area contributed by atoms with Crippen molar-refractivity contribution in [1.82, 2.24) is 0 Å². The monoisotopic (exact) mass is 448 g/mol. The summed E-state index contributed by atoms with van der Waals surface area (Å²) in [6, 6.07) is 0. The van der Waals surface area contributed by atoms with Gasteiger partial charge in [0.05, 0.1) is 52.9 Å². The molecule has 0 aromatic carbocycles. The van der Waals surface area contributed by atoms with Crippen molar-refractivity contribution in [2.45, 2.75) is 97.7 Å². The topological polar surface area (TPSA) is 55.4 Å². The van der Waals surface area contributed by atoms with Crippen LogP contribution in [0.2, 0.25) is 0 Å². The molecule has 0 spiro atoms. The number of hydrogen-bond acceptors (Lipinski definition) is 6. The van der Waals surface area contributed by atoms with Crippen LogP contribution in [-0.4, -0.2) is 72.4 Å². The summed E-state index contributed by atoms with van der Waals surface area (Å²) in [7, 11) is 0. The van der Waals surface area contributed by atoms with Crippen molar-refractivity contribution in [1.29, 1.82) is 0 Å². The number of unbranched alkanes of at least 4 members (excludes halogenated alkanes) is 9. The summed E-state index contributed by atoms with van der Waals surface area (Å²) in [4.78, 5) is 0. The van der Waals surface area contributed by atoms with Crippen molar-refractivity contribution in [3.63, 3.8) is 0 Å². The first-order valence-corrected chi connectivity index (χ1v) is 12.9. The van der Waals surface area contributed by atoms with Crippen LogP contribution in [0.25, 0.3) is 0 Å². The highest BCUT2D eigenvalue weighted by molar-refractivity contribution is 4.51. The molecule has 0 bridgehead atoms. The van der Waals surface area contributed by atoms with Crippen molar-refractivity contribution in [2.75, 3.05) is 66.1 Å². The molecule has 0 atom stereocenters. The second-order valence-corrected chi connectivity index (χ2v) is 7.76. The molecule has 6 heteroatoms. The van der Waals surface area contributed by atoms with Crippen LogP contribution in [0.1, 0.15) is 91.4 Å². The molecule has 0 heterocycles. The summed E-state index contributed by atoms with van der Waals surface area (Å²) < 4.78 is 33.4. The Morgan fingerprint density at radius 2 is 0.806 bits per heavy atom. The van der Waals surface area contributed by atoms with Gasteiger partial charge < -0.3 is 28.4 Å². The Morgan fingerprint density at radius 1 is 0.419 bits per heavy atom. The van der Waals surface area contributed by atoms with Gasteiger partial charge in [0, 0.05) is 13.2 Å². The molecule has 0 fully saturated rings. The molecule has 0 aliphatic rings. The number of rotatable bonds is 27. The predicted molar refractivity (Wildman–Crippen MR) is 127 cm³/mol. The van der Waals surface area contributed by atoms with E-state index in [0.717, 1.165) is 26.1 Å². The van der Waals surface area contributed by atoms with Crippen molar-refractivity contribution in [3.8, 4) is 0 Å². The molecule has 6 nitrogen and oxygen atoms in total. The van der Waals surface area contributed by atoms with E-state index in [0.29, 0.717) is 52.9 Å². The zero-order valence-corrected chi connectivity index (χ0v) is 20.9. The van der Waals surface area contributed by atoms with Gasteiger partial charge in [0.2, 0.25) is 0 Å². The van der Waals surface area contributed by atoms with E-state index in [1.54, 1.807) is 0 Å². The van der Waals surface area contributed by atoms with E-state index in [9.17, 15) is 0 Å². The normalized spacial score (nSPS) is 11.6. The Hall–Kier alpha value is -0.240. The van der Waals surface area contributed by atoms with E-state index in [1.165, 1.54) is 57.8 Å².